The van der Waals surface area contributed by atoms with Gasteiger partial charge in [-0.15, -0.1) is 10.2 Å². The van der Waals surface area contributed by atoms with E-state index in [2.05, 4.69) is 39.4 Å². The van der Waals surface area contributed by atoms with Crippen LogP contribution in [-0.4, -0.2) is 27.9 Å². The highest BCUT2D eigenvalue weighted by Crippen LogP contribution is 2.21. The van der Waals surface area contributed by atoms with E-state index in [0.717, 1.165) is 5.69 Å². The van der Waals surface area contributed by atoms with E-state index in [0.29, 0.717) is 0 Å². The van der Waals surface area contributed by atoms with Crippen LogP contribution in [0.2, 0.25) is 0 Å². The van der Waals surface area contributed by atoms with Gasteiger partial charge in [-0.3, -0.25) is 4.57 Å². The molecule has 0 bridgehead atoms. The van der Waals surface area contributed by atoms with Gasteiger partial charge >= 0.3 is 0 Å². The first-order valence-electron chi connectivity index (χ1n) is 6.13. The predicted molar refractivity (Wildman–Crippen MR) is 67.4 cm³/mol. The first-order chi connectivity index (χ1) is 8.43. The van der Waals surface area contributed by atoms with E-state index in [-0.39, 0.29) is 0 Å². The van der Waals surface area contributed by atoms with Crippen molar-refractivity contribution >= 4 is 5.69 Å². The Kier molecular flexibility index (Phi) is 2.78. The fourth-order valence-electron chi connectivity index (χ4n) is 2.32. The second-order valence-electron chi connectivity index (χ2n) is 4.43. The molecule has 4 heteroatoms. The molecule has 0 saturated carbocycles. The number of anilines is 1. The highest BCUT2D eigenvalue weighted by atomic mass is 15.2. The first kappa shape index (κ1) is 10.3. The van der Waals surface area contributed by atoms with Crippen molar-refractivity contribution in [2.24, 2.45) is 0 Å². The van der Waals surface area contributed by atoms with Gasteiger partial charge < -0.3 is 4.90 Å². The molecule has 2 aromatic rings. The fraction of sp³-hybridized carbons (Fsp3) is 0.385. The Hall–Kier alpha value is -1.84. The standard InChI is InChI=1S/C13H16N4/c1-2-8-16(9-3-1)12-4-6-13(7-5-12)17-10-14-15-11-17/h4-7,10-11H,1-3,8-9H2. The largest absolute Gasteiger partial charge is 0.372 e. The van der Waals surface area contributed by atoms with Crippen LogP contribution in [0.1, 0.15) is 19.3 Å². The second kappa shape index (κ2) is 4.57. The molecule has 0 aliphatic carbocycles. The molecule has 1 aliphatic rings. The molecule has 4 nitrogen and oxygen atoms in total. The quantitative estimate of drug-likeness (QED) is 0.790. The maximum Gasteiger partial charge on any atom is 0.123 e. The van der Waals surface area contributed by atoms with Crippen LogP contribution in [0.25, 0.3) is 5.69 Å². The van der Waals surface area contributed by atoms with Gasteiger partial charge in [0.25, 0.3) is 0 Å². The Morgan fingerprint density at radius 1 is 0.765 bits per heavy atom. The minimum absolute atomic E-state index is 1.11. The van der Waals surface area contributed by atoms with Gasteiger partial charge in [0.15, 0.2) is 0 Å². The van der Waals surface area contributed by atoms with Gasteiger partial charge in [0.1, 0.15) is 12.7 Å². The maximum atomic E-state index is 3.81. The first-order valence-corrected chi connectivity index (χ1v) is 6.13. The molecule has 1 saturated heterocycles. The van der Waals surface area contributed by atoms with Crippen molar-refractivity contribution in [2.75, 3.05) is 18.0 Å². The van der Waals surface area contributed by atoms with Crippen molar-refractivity contribution in [3.8, 4) is 5.69 Å². The third-order valence-corrected chi connectivity index (χ3v) is 3.29. The number of hydrogen-bond acceptors (Lipinski definition) is 3. The number of rotatable bonds is 2. The summed E-state index contributed by atoms with van der Waals surface area (Å²) in [5, 5.41) is 7.63. The Labute approximate surface area is 101 Å². The monoisotopic (exact) mass is 228 g/mol. The summed E-state index contributed by atoms with van der Waals surface area (Å²) in [7, 11) is 0. The molecule has 1 aromatic heterocycles. The third kappa shape index (κ3) is 2.16. The van der Waals surface area contributed by atoms with E-state index in [1.807, 2.05) is 4.57 Å². The van der Waals surface area contributed by atoms with Crippen LogP contribution in [0, 0.1) is 0 Å². The predicted octanol–water partition coefficient (Wildman–Crippen LogP) is 2.26. The van der Waals surface area contributed by atoms with Gasteiger partial charge in [-0.2, -0.15) is 0 Å². The zero-order valence-electron chi connectivity index (χ0n) is 9.79. The molecule has 0 N–H and O–H groups in total. The highest BCUT2D eigenvalue weighted by molar-refractivity contribution is 5.51. The molecule has 2 heterocycles. The lowest BCUT2D eigenvalue weighted by molar-refractivity contribution is 0.578. The van der Waals surface area contributed by atoms with E-state index in [1.54, 1.807) is 12.7 Å². The van der Waals surface area contributed by atoms with Gasteiger partial charge in [0, 0.05) is 24.5 Å². The van der Waals surface area contributed by atoms with E-state index >= 15 is 0 Å². The van der Waals surface area contributed by atoms with Crippen LogP contribution in [0.5, 0.6) is 0 Å². The minimum atomic E-state index is 1.11. The summed E-state index contributed by atoms with van der Waals surface area (Å²) in [6.45, 7) is 2.37. The zero-order valence-corrected chi connectivity index (χ0v) is 9.79. The van der Waals surface area contributed by atoms with Crippen molar-refractivity contribution in [2.45, 2.75) is 19.3 Å². The number of piperidine rings is 1. The van der Waals surface area contributed by atoms with Crippen molar-refractivity contribution in [1.29, 1.82) is 0 Å². The molecule has 3 rings (SSSR count). The summed E-state index contributed by atoms with van der Waals surface area (Å²) in [6.07, 6.45) is 7.43. The molecule has 1 aromatic carbocycles. The minimum Gasteiger partial charge on any atom is -0.372 e. The van der Waals surface area contributed by atoms with Gasteiger partial charge in [-0.1, -0.05) is 0 Å². The molecule has 1 aliphatic heterocycles. The van der Waals surface area contributed by atoms with E-state index in [4.69, 9.17) is 0 Å². The average molecular weight is 228 g/mol. The van der Waals surface area contributed by atoms with Crippen molar-refractivity contribution < 1.29 is 0 Å². The normalized spacial score (nSPS) is 16.1. The number of hydrogen-bond donors (Lipinski definition) is 0. The molecule has 0 radical (unpaired) electrons. The molecule has 1 fully saturated rings. The van der Waals surface area contributed by atoms with E-state index in [9.17, 15) is 0 Å². The lowest BCUT2D eigenvalue weighted by atomic mass is 10.1. The molecule has 88 valence electrons. The summed E-state index contributed by atoms with van der Waals surface area (Å²) in [6, 6.07) is 8.60. The lowest BCUT2D eigenvalue weighted by Crippen LogP contribution is -2.29. The van der Waals surface area contributed by atoms with E-state index in [1.165, 1.54) is 38.0 Å². The van der Waals surface area contributed by atoms with Crippen LogP contribution in [-0.2, 0) is 0 Å². The summed E-state index contributed by atoms with van der Waals surface area (Å²) < 4.78 is 1.92. The van der Waals surface area contributed by atoms with Crippen molar-refractivity contribution in [1.82, 2.24) is 14.8 Å². The van der Waals surface area contributed by atoms with Crippen LogP contribution >= 0.6 is 0 Å². The van der Waals surface area contributed by atoms with Crippen molar-refractivity contribution in [3.63, 3.8) is 0 Å². The van der Waals surface area contributed by atoms with Crippen LogP contribution in [0.4, 0.5) is 5.69 Å². The maximum absolute atomic E-state index is 3.81. The molecule has 0 amide bonds. The molecular weight excluding hydrogens is 212 g/mol. The molecule has 17 heavy (non-hydrogen) atoms. The number of nitrogens with zero attached hydrogens (tertiary/aromatic N) is 4. The van der Waals surface area contributed by atoms with Gasteiger partial charge in [0.05, 0.1) is 0 Å². The Balaban J connectivity index is 1.80. The van der Waals surface area contributed by atoms with E-state index < -0.39 is 0 Å². The fourth-order valence-corrected chi connectivity index (χ4v) is 2.32. The van der Waals surface area contributed by atoms with Gasteiger partial charge in [-0.05, 0) is 43.5 Å². The zero-order chi connectivity index (χ0) is 11.5. The lowest BCUT2D eigenvalue weighted by Gasteiger charge is -2.28. The Bertz CT molecular complexity index is 455. The SMILES string of the molecule is c1cc(-n2cnnc2)ccc1N1CCCCC1. The average Bonchev–Trinajstić information content (AvgIpc) is 2.94. The molecule has 0 atom stereocenters. The number of aromatic nitrogens is 3. The Morgan fingerprint density at radius 3 is 2.00 bits per heavy atom. The highest BCUT2D eigenvalue weighted by Gasteiger charge is 2.10. The second-order valence-corrected chi connectivity index (χ2v) is 4.43. The third-order valence-electron chi connectivity index (χ3n) is 3.29. The van der Waals surface area contributed by atoms with Gasteiger partial charge in [-0.25, -0.2) is 0 Å². The molecular formula is C13H16N4. The van der Waals surface area contributed by atoms with Crippen LogP contribution < -0.4 is 4.90 Å². The summed E-state index contributed by atoms with van der Waals surface area (Å²) in [4.78, 5) is 2.46. The molecule has 0 unspecified atom stereocenters. The van der Waals surface area contributed by atoms with Crippen LogP contribution in [0.15, 0.2) is 36.9 Å². The van der Waals surface area contributed by atoms with Crippen LogP contribution in [0.3, 0.4) is 0 Å². The topological polar surface area (TPSA) is 34.0 Å². The smallest absolute Gasteiger partial charge is 0.123 e. The number of benzene rings is 1. The summed E-state index contributed by atoms with van der Waals surface area (Å²) in [5.41, 5.74) is 2.43. The summed E-state index contributed by atoms with van der Waals surface area (Å²) in [5.74, 6) is 0. The summed E-state index contributed by atoms with van der Waals surface area (Å²) >= 11 is 0. The Morgan fingerprint density at radius 2 is 1.35 bits per heavy atom. The molecule has 0 spiro atoms. The van der Waals surface area contributed by atoms with Crippen molar-refractivity contribution in [3.05, 3.63) is 36.9 Å². The van der Waals surface area contributed by atoms with Gasteiger partial charge in [0.2, 0.25) is 0 Å².